The van der Waals surface area contributed by atoms with Crippen LogP contribution in [0, 0.1) is 0 Å². The first-order valence-corrected chi connectivity index (χ1v) is 8.74. The predicted molar refractivity (Wildman–Crippen MR) is 102 cm³/mol. The Hall–Kier alpha value is -2.61. The molecule has 4 N–H and O–H groups in total. The zero-order valence-corrected chi connectivity index (χ0v) is 15.3. The van der Waals surface area contributed by atoms with E-state index in [4.69, 9.17) is 9.84 Å². The topological polar surface area (TPSA) is 102 Å². The maximum Gasteiger partial charge on any atom is 0.407 e. The molecule has 0 heterocycles. The molecule has 7 heteroatoms. The van der Waals surface area contributed by atoms with Crippen LogP contribution in [0.4, 0.5) is 10.5 Å². The number of ether oxygens (including phenoxy) is 1. The van der Waals surface area contributed by atoms with E-state index in [1.165, 1.54) is 0 Å². The minimum atomic E-state index is -1.17. The quantitative estimate of drug-likeness (QED) is 0.530. The standard InChI is InChI=1S/C20H26N2O5/c1-22(11-12-23)17-9-7-16(8-10-17)19(25)18(24)13-21-20(26)27-14-15-5-3-2-4-6-15/h2-10,18-19,23-25H,11-14H2,1H3,(H,21,26). The minimum Gasteiger partial charge on any atom is -0.445 e. The Morgan fingerprint density at radius 1 is 1.11 bits per heavy atom. The van der Waals surface area contributed by atoms with Gasteiger partial charge in [-0.1, -0.05) is 42.5 Å². The number of anilines is 1. The molecule has 7 nitrogen and oxygen atoms in total. The number of nitrogens with zero attached hydrogens (tertiary/aromatic N) is 1. The van der Waals surface area contributed by atoms with Gasteiger partial charge >= 0.3 is 6.09 Å². The first-order chi connectivity index (χ1) is 13.0. The molecule has 2 unspecified atom stereocenters. The fraction of sp³-hybridized carbons (Fsp3) is 0.350. The second-order valence-corrected chi connectivity index (χ2v) is 6.19. The molecule has 27 heavy (non-hydrogen) atoms. The second-order valence-electron chi connectivity index (χ2n) is 6.19. The Morgan fingerprint density at radius 2 is 1.78 bits per heavy atom. The van der Waals surface area contributed by atoms with Gasteiger partial charge in [0.05, 0.1) is 6.61 Å². The maximum atomic E-state index is 11.7. The SMILES string of the molecule is CN(CCO)c1ccc(C(O)C(O)CNC(=O)OCc2ccccc2)cc1. The summed E-state index contributed by atoms with van der Waals surface area (Å²) in [6, 6.07) is 16.2. The smallest absolute Gasteiger partial charge is 0.407 e. The van der Waals surface area contributed by atoms with Crippen LogP contribution >= 0.6 is 0 Å². The summed E-state index contributed by atoms with van der Waals surface area (Å²) in [6.45, 7) is 0.542. The van der Waals surface area contributed by atoms with E-state index in [1.807, 2.05) is 42.3 Å². The van der Waals surface area contributed by atoms with Crippen LogP contribution in [0.3, 0.4) is 0 Å². The molecule has 0 aliphatic heterocycles. The van der Waals surface area contributed by atoms with Gasteiger partial charge in [-0.05, 0) is 23.3 Å². The maximum absolute atomic E-state index is 11.7. The van der Waals surface area contributed by atoms with Crippen molar-refractivity contribution in [2.24, 2.45) is 0 Å². The van der Waals surface area contributed by atoms with Crippen LogP contribution in [0.2, 0.25) is 0 Å². The van der Waals surface area contributed by atoms with Crippen LogP contribution in [0.25, 0.3) is 0 Å². The number of nitrogens with one attached hydrogen (secondary N) is 1. The molecule has 1 amide bonds. The largest absolute Gasteiger partial charge is 0.445 e. The molecule has 0 saturated heterocycles. The minimum absolute atomic E-state index is 0.0473. The highest BCUT2D eigenvalue weighted by molar-refractivity contribution is 5.67. The molecule has 0 fully saturated rings. The van der Waals surface area contributed by atoms with Gasteiger partial charge in [-0.15, -0.1) is 0 Å². The summed E-state index contributed by atoms with van der Waals surface area (Å²) in [4.78, 5) is 13.6. The molecule has 0 aromatic heterocycles. The predicted octanol–water partition coefficient (Wildman–Crippen LogP) is 1.44. The third-order valence-corrected chi connectivity index (χ3v) is 4.14. The first kappa shape index (κ1) is 20.7. The summed E-state index contributed by atoms with van der Waals surface area (Å²) >= 11 is 0. The average molecular weight is 374 g/mol. The van der Waals surface area contributed by atoms with E-state index in [-0.39, 0.29) is 19.8 Å². The number of hydrogen-bond donors (Lipinski definition) is 4. The molecule has 2 atom stereocenters. The summed E-state index contributed by atoms with van der Waals surface area (Å²) < 4.78 is 5.06. The molecule has 0 bridgehead atoms. The summed E-state index contributed by atoms with van der Waals surface area (Å²) in [7, 11) is 1.85. The van der Waals surface area contributed by atoms with Crippen molar-refractivity contribution in [3.8, 4) is 0 Å². The number of likely N-dealkylation sites (N-methyl/N-ethyl adjacent to an activating group) is 1. The molecule has 2 aromatic rings. The van der Waals surface area contributed by atoms with Gasteiger partial charge in [-0.3, -0.25) is 0 Å². The van der Waals surface area contributed by atoms with Crippen LogP contribution < -0.4 is 10.2 Å². The molecule has 0 aliphatic rings. The highest BCUT2D eigenvalue weighted by atomic mass is 16.5. The van der Waals surface area contributed by atoms with Crippen molar-refractivity contribution in [2.75, 3.05) is 31.6 Å². The van der Waals surface area contributed by atoms with E-state index in [1.54, 1.807) is 24.3 Å². The summed E-state index contributed by atoms with van der Waals surface area (Å²) in [5.74, 6) is 0. The van der Waals surface area contributed by atoms with Gasteiger partial charge in [0, 0.05) is 25.8 Å². The molecule has 2 aromatic carbocycles. The van der Waals surface area contributed by atoms with Crippen LogP contribution in [-0.4, -0.2) is 54.3 Å². The molecular weight excluding hydrogens is 348 g/mol. The number of aliphatic hydroxyl groups is 3. The Bertz CT molecular complexity index is 693. The second kappa shape index (κ2) is 10.5. The van der Waals surface area contributed by atoms with Gasteiger partial charge in [0.2, 0.25) is 0 Å². The number of carbonyl (C=O) groups excluding carboxylic acids is 1. The molecule has 0 aliphatic carbocycles. The van der Waals surface area contributed by atoms with Gasteiger partial charge in [-0.25, -0.2) is 4.79 Å². The lowest BCUT2D eigenvalue weighted by Gasteiger charge is -2.21. The molecule has 0 radical (unpaired) electrons. The number of benzene rings is 2. The van der Waals surface area contributed by atoms with Gasteiger partial charge in [0.15, 0.2) is 0 Å². The summed E-state index contributed by atoms with van der Waals surface area (Å²) in [5, 5.41) is 31.8. The first-order valence-electron chi connectivity index (χ1n) is 8.74. The van der Waals surface area contributed by atoms with Gasteiger partial charge in [0.25, 0.3) is 0 Å². The van der Waals surface area contributed by atoms with E-state index in [9.17, 15) is 15.0 Å². The van der Waals surface area contributed by atoms with E-state index in [0.29, 0.717) is 12.1 Å². The highest BCUT2D eigenvalue weighted by Crippen LogP contribution is 2.20. The average Bonchev–Trinajstić information content (AvgIpc) is 2.71. The van der Waals surface area contributed by atoms with Gasteiger partial charge in [-0.2, -0.15) is 0 Å². The fourth-order valence-corrected chi connectivity index (χ4v) is 2.50. The molecule has 146 valence electrons. The van der Waals surface area contributed by atoms with Crippen LogP contribution in [0.1, 0.15) is 17.2 Å². The zero-order chi connectivity index (χ0) is 19.6. The van der Waals surface area contributed by atoms with E-state index >= 15 is 0 Å². The third kappa shape index (κ3) is 6.56. The Labute approximate surface area is 158 Å². The Balaban J connectivity index is 1.79. The van der Waals surface area contributed by atoms with Crippen molar-refractivity contribution in [1.82, 2.24) is 5.32 Å². The lowest BCUT2D eigenvalue weighted by molar-refractivity contribution is 0.0184. The van der Waals surface area contributed by atoms with Crippen molar-refractivity contribution >= 4 is 11.8 Å². The van der Waals surface area contributed by atoms with E-state index in [0.717, 1.165) is 11.3 Å². The van der Waals surface area contributed by atoms with E-state index in [2.05, 4.69) is 5.32 Å². The number of aliphatic hydroxyl groups excluding tert-OH is 3. The number of amides is 1. The number of carbonyl (C=O) groups is 1. The lowest BCUT2D eigenvalue weighted by atomic mass is 10.0. The zero-order valence-electron chi connectivity index (χ0n) is 15.3. The molecule has 0 spiro atoms. The lowest BCUT2D eigenvalue weighted by Crippen LogP contribution is -2.35. The highest BCUT2D eigenvalue weighted by Gasteiger charge is 2.19. The molecule has 2 rings (SSSR count). The Morgan fingerprint density at radius 3 is 2.41 bits per heavy atom. The van der Waals surface area contributed by atoms with Crippen LogP contribution in [0.5, 0.6) is 0 Å². The van der Waals surface area contributed by atoms with Gasteiger partial charge < -0.3 is 30.3 Å². The van der Waals surface area contributed by atoms with Crippen molar-refractivity contribution < 1.29 is 24.9 Å². The van der Waals surface area contributed by atoms with Crippen molar-refractivity contribution in [2.45, 2.75) is 18.8 Å². The van der Waals surface area contributed by atoms with Crippen molar-refractivity contribution in [3.63, 3.8) is 0 Å². The number of alkyl carbamates (subject to hydrolysis) is 1. The van der Waals surface area contributed by atoms with Crippen LogP contribution in [-0.2, 0) is 11.3 Å². The van der Waals surface area contributed by atoms with Crippen molar-refractivity contribution in [3.05, 3.63) is 65.7 Å². The summed E-state index contributed by atoms with van der Waals surface area (Å²) in [6.07, 6.45) is -2.97. The van der Waals surface area contributed by atoms with Crippen molar-refractivity contribution in [1.29, 1.82) is 0 Å². The number of hydrogen-bond acceptors (Lipinski definition) is 6. The van der Waals surface area contributed by atoms with E-state index < -0.39 is 18.3 Å². The molecular formula is C20H26N2O5. The van der Waals surface area contributed by atoms with Crippen LogP contribution in [0.15, 0.2) is 54.6 Å². The fourth-order valence-electron chi connectivity index (χ4n) is 2.50. The summed E-state index contributed by atoms with van der Waals surface area (Å²) in [5.41, 5.74) is 2.28. The third-order valence-electron chi connectivity index (χ3n) is 4.14. The normalized spacial score (nSPS) is 12.9. The molecule has 0 saturated carbocycles. The van der Waals surface area contributed by atoms with Gasteiger partial charge in [0.1, 0.15) is 18.8 Å². The number of rotatable bonds is 9. The monoisotopic (exact) mass is 374 g/mol. The Kier molecular flexibility index (Phi) is 8.06.